The Kier molecular flexibility index (Phi) is 5.04. The van der Waals surface area contributed by atoms with Crippen molar-refractivity contribution in [3.8, 4) is 5.75 Å². The molecule has 3 aromatic rings. The van der Waals surface area contributed by atoms with Gasteiger partial charge < -0.3 is 20.4 Å². The minimum Gasteiger partial charge on any atom is -0.473 e. The van der Waals surface area contributed by atoms with Crippen LogP contribution in [0.4, 0.5) is 5.69 Å². The molecule has 1 aliphatic rings. The minimum atomic E-state index is -0.119. The molecule has 2 aromatic carbocycles. The van der Waals surface area contributed by atoms with Crippen LogP contribution in [0.3, 0.4) is 0 Å². The first-order chi connectivity index (χ1) is 12.6. The molecule has 1 unspecified atom stereocenters. The molecule has 0 aliphatic carbocycles. The number of piperidine rings is 1. The summed E-state index contributed by atoms with van der Waals surface area (Å²) >= 11 is 2.30. The molecule has 1 aromatic heterocycles. The van der Waals surface area contributed by atoms with Gasteiger partial charge in [-0.05, 0) is 79.7 Å². The van der Waals surface area contributed by atoms with Crippen molar-refractivity contribution in [2.45, 2.75) is 29.9 Å². The van der Waals surface area contributed by atoms with Crippen LogP contribution < -0.4 is 15.8 Å². The van der Waals surface area contributed by atoms with E-state index in [0.29, 0.717) is 17.5 Å². The third kappa shape index (κ3) is 3.40. The molecular weight excluding hydrogens is 439 g/mol. The number of hydrogen-bond donors (Lipinski definition) is 2. The maximum atomic E-state index is 6.05. The number of halogens is 1. The van der Waals surface area contributed by atoms with Gasteiger partial charge in [0.05, 0.1) is 16.7 Å². The van der Waals surface area contributed by atoms with E-state index >= 15 is 0 Å². The average molecular weight is 462 g/mol. The number of nitrogens with zero attached hydrogens (tertiary/aromatic N) is 2. The predicted octanol–water partition coefficient (Wildman–Crippen LogP) is 4.36. The second kappa shape index (κ2) is 7.44. The summed E-state index contributed by atoms with van der Waals surface area (Å²) < 4.78 is 8.33. The molecule has 2 heterocycles. The van der Waals surface area contributed by atoms with Gasteiger partial charge in [0.1, 0.15) is 11.6 Å². The molecular formula is C20H23IN4O. The van der Waals surface area contributed by atoms with Gasteiger partial charge in [-0.2, -0.15) is 0 Å². The molecule has 4 rings (SSSR count). The Balaban J connectivity index is 1.62. The lowest BCUT2D eigenvalue weighted by molar-refractivity contribution is 0.312. The molecule has 0 bridgehead atoms. The second-order valence-corrected chi connectivity index (χ2v) is 7.86. The predicted molar refractivity (Wildman–Crippen MR) is 114 cm³/mol. The van der Waals surface area contributed by atoms with Gasteiger partial charge in [0.25, 0.3) is 0 Å². The number of rotatable bonds is 4. The number of imidazole rings is 1. The van der Waals surface area contributed by atoms with E-state index in [9.17, 15) is 0 Å². The Hall–Kier alpha value is -1.80. The number of ether oxygens (including phenoxy) is 1. The number of benzene rings is 2. The number of anilines is 1. The van der Waals surface area contributed by atoms with Crippen molar-refractivity contribution >= 4 is 39.3 Å². The molecule has 0 amide bonds. The van der Waals surface area contributed by atoms with Crippen LogP contribution in [-0.4, -0.2) is 22.6 Å². The van der Waals surface area contributed by atoms with Gasteiger partial charge in [-0.1, -0.05) is 18.2 Å². The van der Waals surface area contributed by atoms with Gasteiger partial charge in [0.15, 0.2) is 4.11 Å². The summed E-state index contributed by atoms with van der Waals surface area (Å²) in [5, 5.41) is 3.43. The largest absolute Gasteiger partial charge is 0.473 e. The lowest BCUT2D eigenvalue weighted by Crippen LogP contribution is -2.29. The maximum Gasteiger partial charge on any atom is 0.174 e. The normalized spacial score (nSPS) is 16.7. The number of hydrogen-bond acceptors (Lipinski definition) is 4. The molecule has 1 fully saturated rings. The molecule has 26 heavy (non-hydrogen) atoms. The highest BCUT2D eigenvalue weighted by molar-refractivity contribution is 14.1. The van der Waals surface area contributed by atoms with Crippen molar-refractivity contribution in [3.05, 3.63) is 53.9 Å². The van der Waals surface area contributed by atoms with Crippen LogP contribution in [0.2, 0.25) is 0 Å². The number of nitrogens with one attached hydrogen (secondary N) is 1. The summed E-state index contributed by atoms with van der Waals surface area (Å²) in [4.78, 5) is 4.81. The van der Waals surface area contributed by atoms with Crippen LogP contribution in [-0.2, 0) is 0 Å². The number of nitrogen functional groups attached to an aromatic ring is 1. The fourth-order valence-electron chi connectivity index (χ4n) is 3.67. The zero-order valence-corrected chi connectivity index (χ0v) is 16.9. The van der Waals surface area contributed by atoms with Gasteiger partial charge in [0.2, 0.25) is 0 Å². The SMILES string of the molecule is Cc1nc2cc(C(I)Oc3ccccc3N)ccc2n1C1CCNCC1. The van der Waals surface area contributed by atoms with Crippen molar-refractivity contribution in [1.82, 2.24) is 14.9 Å². The first-order valence-electron chi connectivity index (χ1n) is 8.98. The quantitative estimate of drug-likeness (QED) is 0.344. The Labute approximate surface area is 167 Å². The molecule has 1 saturated heterocycles. The van der Waals surface area contributed by atoms with E-state index in [2.05, 4.69) is 57.6 Å². The van der Waals surface area contributed by atoms with E-state index < -0.39 is 0 Å². The van der Waals surface area contributed by atoms with Gasteiger partial charge in [-0.15, -0.1) is 0 Å². The minimum absolute atomic E-state index is 0.119. The molecule has 0 saturated carbocycles. The third-order valence-corrected chi connectivity index (χ3v) is 5.95. The second-order valence-electron chi connectivity index (χ2n) is 6.73. The summed E-state index contributed by atoms with van der Waals surface area (Å²) in [5.41, 5.74) is 9.98. The van der Waals surface area contributed by atoms with E-state index in [1.54, 1.807) is 0 Å². The molecule has 3 N–H and O–H groups in total. The van der Waals surface area contributed by atoms with E-state index in [-0.39, 0.29) is 4.11 Å². The number of aromatic nitrogens is 2. The van der Waals surface area contributed by atoms with Crippen molar-refractivity contribution in [2.24, 2.45) is 0 Å². The van der Waals surface area contributed by atoms with Crippen LogP contribution in [0, 0.1) is 6.92 Å². The highest BCUT2D eigenvalue weighted by atomic mass is 127. The Morgan fingerprint density at radius 2 is 2.00 bits per heavy atom. The first kappa shape index (κ1) is 17.6. The fourth-order valence-corrected chi connectivity index (χ4v) is 4.33. The van der Waals surface area contributed by atoms with Crippen molar-refractivity contribution in [2.75, 3.05) is 18.8 Å². The standard InChI is InChI=1S/C20H23IN4O/c1-13-24-17-12-14(20(21)26-19-5-3-2-4-16(19)22)6-7-18(17)25(13)15-8-10-23-11-9-15/h2-7,12,15,20,23H,8-11,22H2,1H3. The lowest BCUT2D eigenvalue weighted by Gasteiger charge is -2.25. The van der Waals surface area contributed by atoms with Crippen LogP contribution in [0.1, 0.15) is 34.4 Å². The van der Waals surface area contributed by atoms with Crippen LogP contribution in [0.5, 0.6) is 5.75 Å². The summed E-state index contributed by atoms with van der Waals surface area (Å²) in [6, 6.07) is 14.6. The zero-order valence-electron chi connectivity index (χ0n) is 14.8. The molecule has 1 atom stereocenters. The van der Waals surface area contributed by atoms with Gasteiger partial charge in [-0.25, -0.2) is 4.98 Å². The summed E-state index contributed by atoms with van der Waals surface area (Å²) in [5.74, 6) is 1.80. The van der Waals surface area contributed by atoms with Crippen molar-refractivity contribution < 1.29 is 4.74 Å². The van der Waals surface area contributed by atoms with Gasteiger partial charge in [0, 0.05) is 11.6 Å². The van der Waals surface area contributed by atoms with Crippen LogP contribution in [0.25, 0.3) is 11.0 Å². The van der Waals surface area contributed by atoms with E-state index in [1.807, 2.05) is 24.3 Å². The topological polar surface area (TPSA) is 65.1 Å². The number of para-hydroxylation sites is 2. The first-order valence-corrected chi connectivity index (χ1v) is 10.2. The highest BCUT2D eigenvalue weighted by Gasteiger charge is 2.20. The number of fused-ring (bicyclic) bond motifs is 1. The van der Waals surface area contributed by atoms with Gasteiger partial charge in [-0.3, -0.25) is 0 Å². The smallest absolute Gasteiger partial charge is 0.174 e. The summed E-state index contributed by atoms with van der Waals surface area (Å²) in [6.45, 7) is 4.25. The molecule has 5 nitrogen and oxygen atoms in total. The van der Waals surface area contributed by atoms with Crippen LogP contribution in [0.15, 0.2) is 42.5 Å². The Morgan fingerprint density at radius 1 is 1.23 bits per heavy atom. The zero-order chi connectivity index (χ0) is 18.1. The number of aryl methyl sites for hydroxylation is 1. The number of alkyl halides is 1. The number of nitrogens with two attached hydrogens (primary N) is 1. The Bertz CT molecular complexity index is 917. The molecule has 1 aliphatic heterocycles. The van der Waals surface area contributed by atoms with E-state index in [4.69, 9.17) is 15.5 Å². The van der Waals surface area contributed by atoms with E-state index in [0.717, 1.165) is 42.8 Å². The summed E-state index contributed by atoms with van der Waals surface area (Å²) in [6.07, 6.45) is 2.30. The Morgan fingerprint density at radius 3 is 2.77 bits per heavy atom. The maximum absolute atomic E-state index is 6.05. The van der Waals surface area contributed by atoms with E-state index in [1.165, 1.54) is 5.52 Å². The third-order valence-electron chi connectivity index (χ3n) is 4.98. The summed E-state index contributed by atoms with van der Waals surface area (Å²) in [7, 11) is 0. The molecule has 0 radical (unpaired) electrons. The van der Waals surface area contributed by atoms with Crippen LogP contribution >= 0.6 is 22.6 Å². The van der Waals surface area contributed by atoms with Gasteiger partial charge >= 0.3 is 0 Å². The molecule has 6 heteroatoms. The highest BCUT2D eigenvalue weighted by Crippen LogP contribution is 2.33. The monoisotopic (exact) mass is 462 g/mol. The fraction of sp³-hybridized carbons (Fsp3) is 0.350. The lowest BCUT2D eigenvalue weighted by atomic mass is 10.1. The average Bonchev–Trinajstić information content (AvgIpc) is 2.99. The van der Waals surface area contributed by atoms with Crippen molar-refractivity contribution in [3.63, 3.8) is 0 Å². The molecule has 0 spiro atoms. The van der Waals surface area contributed by atoms with Crippen molar-refractivity contribution in [1.29, 1.82) is 0 Å². The molecule has 136 valence electrons.